The van der Waals surface area contributed by atoms with Crippen molar-refractivity contribution in [1.82, 2.24) is 14.1 Å². The number of oxazole rings is 1. The maximum Gasteiger partial charge on any atom is 0.227 e. The van der Waals surface area contributed by atoms with Crippen LogP contribution in [0, 0.1) is 6.92 Å². The highest BCUT2D eigenvalue weighted by Crippen LogP contribution is 2.40. The molecular weight excluding hydrogens is 659 g/mol. The summed E-state index contributed by atoms with van der Waals surface area (Å²) in [5, 5.41) is 4.93. The van der Waals surface area contributed by atoms with Gasteiger partial charge in [0.15, 0.2) is 5.58 Å². The summed E-state index contributed by atoms with van der Waals surface area (Å²) in [7, 11) is 0. The fraction of sp³-hybridized carbons (Fsp3) is 0.0200. The second kappa shape index (κ2) is 11.9. The van der Waals surface area contributed by atoms with Crippen LogP contribution < -0.4 is 0 Å². The summed E-state index contributed by atoms with van der Waals surface area (Å²) in [5.41, 5.74) is 14.8. The summed E-state index contributed by atoms with van der Waals surface area (Å²) >= 11 is 0. The summed E-state index contributed by atoms with van der Waals surface area (Å²) in [5.74, 6) is 0.577. The SMILES string of the molecule is Cc1cccc2c1c1ccccc1n2-c1cc(-c2nc3c(-c4ccccc4)cc(-c4ccccc4)cc3o2)cc(-n2c3ccccc3c3ccccc32)c1. The molecule has 0 fully saturated rings. The Balaban J connectivity index is 1.23. The van der Waals surface area contributed by atoms with Crippen LogP contribution in [0.2, 0.25) is 0 Å². The van der Waals surface area contributed by atoms with Crippen molar-refractivity contribution in [2.24, 2.45) is 0 Å². The first-order valence-corrected chi connectivity index (χ1v) is 18.4. The van der Waals surface area contributed by atoms with Crippen molar-refractivity contribution in [2.75, 3.05) is 0 Å². The molecule has 0 unspecified atom stereocenters. The third kappa shape index (κ3) is 4.67. The first kappa shape index (κ1) is 30.5. The topological polar surface area (TPSA) is 35.9 Å². The Morgan fingerprint density at radius 2 is 0.963 bits per heavy atom. The Bertz CT molecular complexity index is 3170. The molecule has 0 saturated heterocycles. The van der Waals surface area contributed by atoms with Gasteiger partial charge in [0.1, 0.15) is 5.52 Å². The minimum absolute atomic E-state index is 0.577. The fourth-order valence-corrected chi connectivity index (χ4v) is 8.44. The van der Waals surface area contributed by atoms with E-state index in [-0.39, 0.29) is 0 Å². The maximum atomic E-state index is 6.86. The molecule has 4 nitrogen and oxygen atoms in total. The standard InChI is InChI=1S/C50H33N3O/c1-32-15-14-26-46-48(32)41-22-10-13-25-45(41)53(46)38-28-36(27-37(31-38)52-43-23-11-8-20-39(43)40-21-9-12-24-44(40)52)50-51-49-42(34-18-6-3-7-19-34)29-35(30-47(49)54-50)33-16-4-2-5-17-33/h2-31H,1H3. The zero-order valence-corrected chi connectivity index (χ0v) is 29.6. The molecule has 3 heterocycles. The largest absolute Gasteiger partial charge is 0.436 e. The van der Waals surface area contributed by atoms with E-state index in [1.54, 1.807) is 0 Å². The number of nitrogens with zero attached hydrogens (tertiary/aromatic N) is 3. The number of hydrogen-bond acceptors (Lipinski definition) is 2. The third-order valence-electron chi connectivity index (χ3n) is 10.8. The van der Waals surface area contributed by atoms with E-state index in [0.717, 1.165) is 72.4 Å². The van der Waals surface area contributed by atoms with Crippen molar-refractivity contribution >= 4 is 54.7 Å². The van der Waals surface area contributed by atoms with Gasteiger partial charge in [0.05, 0.1) is 22.1 Å². The molecule has 11 aromatic rings. The van der Waals surface area contributed by atoms with Gasteiger partial charge in [-0.1, -0.05) is 127 Å². The van der Waals surface area contributed by atoms with E-state index in [1.165, 1.54) is 27.1 Å². The van der Waals surface area contributed by atoms with Crippen molar-refractivity contribution in [3.63, 3.8) is 0 Å². The Hall–Kier alpha value is -7.17. The lowest BCUT2D eigenvalue weighted by Gasteiger charge is -2.15. The van der Waals surface area contributed by atoms with Crippen LogP contribution in [-0.2, 0) is 0 Å². The van der Waals surface area contributed by atoms with Crippen molar-refractivity contribution < 1.29 is 4.42 Å². The van der Waals surface area contributed by atoms with Crippen molar-refractivity contribution in [3.8, 4) is 45.1 Å². The van der Waals surface area contributed by atoms with Gasteiger partial charge in [-0.2, -0.15) is 0 Å². The van der Waals surface area contributed by atoms with Gasteiger partial charge in [0.25, 0.3) is 0 Å². The van der Waals surface area contributed by atoms with Crippen LogP contribution in [0.25, 0.3) is 99.8 Å². The molecule has 11 rings (SSSR count). The molecule has 0 atom stereocenters. The summed E-state index contributed by atoms with van der Waals surface area (Å²) in [6, 6.07) is 64.7. The summed E-state index contributed by atoms with van der Waals surface area (Å²) in [6.07, 6.45) is 0. The maximum absolute atomic E-state index is 6.86. The van der Waals surface area contributed by atoms with Gasteiger partial charge < -0.3 is 13.6 Å². The van der Waals surface area contributed by atoms with Gasteiger partial charge in [-0.3, -0.25) is 0 Å². The molecule has 0 spiro atoms. The molecule has 0 aliphatic heterocycles. The van der Waals surface area contributed by atoms with E-state index < -0.39 is 0 Å². The fourth-order valence-electron chi connectivity index (χ4n) is 8.44. The molecule has 254 valence electrons. The molecule has 8 aromatic carbocycles. The van der Waals surface area contributed by atoms with Crippen LogP contribution in [0.5, 0.6) is 0 Å². The lowest BCUT2D eigenvalue weighted by atomic mass is 9.98. The zero-order valence-electron chi connectivity index (χ0n) is 29.6. The highest BCUT2D eigenvalue weighted by molar-refractivity contribution is 6.11. The number of hydrogen-bond donors (Lipinski definition) is 0. The number of rotatable bonds is 5. The number of para-hydroxylation sites is 3. The average molecular weight is 692 g/mol. The van der Waals surface area contributed by atoms with Crippen LogP contribution in [0.15, 0.2) is 186 Å². The second-order valence-electron chi connectivity index (χ2n) is 14.1. The Morgan fingerprint density at radius 1 is 0.426 bits per heavy atom. The van der Waals surface area contributed by atoms with Crippen molar-refractivity contribution in [3.05, 3.63) is 188 Å². The Kier molecular flexibility index (Phi) is 6.73. The molecular formula is C50H33N3O. The highest BCUT2D eigenvalue weighted by Gasteiger charge is 2.21. The zero-order chi connectivity index (χ0) is 35.8. The molecule has 0 amide bonds. The molecule has 0 N–H and O–H groups in total. The van der Waals surface area contributed by atoms with Crippen molar-refractivity contribution in [2.45, 2.75) is 6.92 Å². The van der Waals surface area contributed by atoms with Gasteiger partial charge in [-0.05, 0) is 83.8 Å². The Morgan fingerprint density at radius 3 is 1.63 bits per heavy atom. The first-order valence-electron chi connectivity index (χ1n) is 18.4. The van der Waals surface area contributed by atoms with Gasteiger partial charge in [-0.15, -0.1) is 0 Å². The van der Waals surface area contributed by atoms with E-state index in [9.17, 15) is 0 Å². The van der Waals surface area contributed by atoms with E-state index >= 15 is 0 Å². The normalized spacial score (nSPS) is 11.8. The number of benzene rings is 8. The number of aryl methyl sites for hydroxylation is 1. The molecule has 0 saturated carbocycles. The lowest BCUT2D eigenvalue weighted by Crippen LogP contribution is -2.00. The average Bonchev–Trinajstić information content (AvgIpc) is 3.92. The van der Waals surface area contributed by atoms with Crippen molar-refractivity contribution in [1.29, 1.82) is 0 Å². The lowest BCUT2D eigenvalue weighted by molar-refractivity contribution is 0.620. The molecule has 0 bridgehead atoms. The van der Waals surface area contributed by atoms with Crippen LogP contribution >= 0.6 is 0 Å². The van der Waals surface area contributed by atoms with Crippen LogP contribution in [-0.4, -0.2) is 14.1 Å². The third-order valence-corrected chi connectivity index (χ3v) is 10.8. The smallest absolute Gasteiger partial charge is 0.227 e. The highest BCUT2D eigenvalue weighted by atomic mass is 16.3. The van der Waals surface area contributed by atoms with E-state index in [4.69, 9.17) is 9.40 Å². The Labute approximate surface area is 311 Å². The molecule has 0 radical (unpaired) electrons. The van der Waals surface area contributed by atoms with Gasteiger partial charge in [-0.25, -0.2) is 4.98 Å². The minimum Gasteiger partial charge on any atom is -0.436 e. The van der Waals surface area contributed by atoms with Crippen LogP contribution in [0.3, 0.4) is 0 Å². The number of aromatic nitrogens is 3. The van der Waals surface area contributed by atoms with E-state index in [1.807, 2.05) is 12.1 Å². The number of fused-ring (bicyclic) bond motifs is 7. The van der Waals surface area contributed by atoms with Gasteiger partial charge in [0.2, 0.25) is 5.89 Å². The van der Waals surface area contributed by atoms with E-state index in [0.29, 0.717) is 5.89 Å². The predicted molar refractivity (Wildman–Crippen MR) is 224 cm³/mol. The van der Waals surface area contributed by atoms with Crippen LogP contribution in [0.4, 0.5) is 0 Å². The predicted octanol–water partition coefficient (Wildman–Crippen LogP) is 13.3. The minimum atomic E-state index is 0.577. The van der Waals surface area contributed by atoms with Crippen LogP contribution in [0.1, 0.15) is 5.56 Å². The molecule has 0 aliphatic carbocycles. The van der Waals surface area contributed by atoms with Gasteiger partial charge >= 0.3 is 0 Å². The second-order valence-corrected chi connectivity index (χ2v) is 14.1. The molecule has 0 aliphatic rings. The quantitative estimate of drug-likeness (QED) is 0.180. The summed E-state index contributed by atoms with van der Waals surface area (Å²) in [4.78, 5) is 5.32. The van der Waals surface area contributed by atoms with Gasteiger partial charge in [0, 0.05) is 44.0 Å². The molecule has 54 heavy (non-hydrogen) atoms. The molecule has 3 aromatic heterocycles. The summed E-state index contributed by atoms with van der Waals surface area (Å²) in [6.45, 7) is 2.20. The molecule has 4 heteroatoms. The first-order chi connectivity index (χ1) is 26.7. The summed E-state index contributed by atoms with van der Waals surface area (Å²) < 4.78 is 11.6. The van der Waals surface area contributed by atoms with E-state index in [2.05, 4.69) is 186 Å². The monoisotopic (exact) mass is 691 g/mol.